The van der Waals surface area contributed by atoms with Crippen LogP contribution >= 0.6 is 0 Å². The number of hydrogen-bond donors (Lipinski definition) is 0. The second-order valence-corrected chi connectivity index (χ2v) is 9.20. The third kappa shape index (κ3) is 4.68. The Hall–Kier alpha value is -4.08. The van der Waals surface area contributed by atoms with Crippen molar-refractivity contribution < 1.29 is 44.6 Å². The normalized spacial score (nSPS) is 11.6. The Labute approximate surface area is 218 Å². The van der Waals surface area contributed by atoms with Gasteiger partial charge in [0.15, 0.2) is 34.9 Å². The van der Waals surface area contributed by atoms with Gasteiger partial charge in [-0.2, -0.15) is 8.78 Å². The summed E-state index contributed by atoms with van der Waals surface area (Å²) in [6.07, 6.45) is 0. The number of methoxy groups -OCH3 is 1. The van der Waals surface area contributed by atoms with Crippen molar-refractivity contribution in [1.82, 2.24) is 0 Å². The van der Waals surface area contributed by atoms with E-state index in [-0.39, 0.29) is 5.75 Å². The van der Waals surface area contributed by atoms with E-state index in [9.17, 15) is 35.1 Å². The largest absolute Gasteiger partial charge is 0.497 e. The third-order valence-electron chi connectivity index (χ3n) is 6.56. The van der Waals surface area contributed by atoms with E-state index in [2.05, 4.69) is 0 Å². The van der Waals surface area contributed by atoms with Crippen LogP contribution in [-0.4, -0.2) is 7.11 Å². The second kappa shape index (κ2) is 10.2. The molecule has 0 bridgehead atoms. The SMILES string of the molecule is COc1ccc(C(C)(C)c2ccc(Oc3c(F)c(F)c(-c4c(F)c(F)c(C)c(F)c4F)c(F)c3F)cc2)cc1. The molecule has 0 radical (unpaired) electrons. The number of hydrogen-bond acceptors (Lipinski definition) is 2. The summed E-state index contributed by atoms with van der Waals surface area (Å²) in [6, 6.07) is 13.0. The van der Waals surface area contributed by atoms with Crippen LogP contribution in [0.3, 0.4) is 0 Å². The smallest absolute Gasteiger partial charge is 0.205 e. The molecule has 4 aromatic rings. The summed E-state index contributed by atoms with van der Waals surface area (Å²) in [5.74, 6) is -18.4. The van der Waals surface area contributed by atoms with Crippen molar-refractivity contribution in [2.24, 2.45) is 0 Å². The summed E-state index contributed by atoms with van der Waals surface area (Å²) in [5, 5.41) is 0. The molecule has 0 amide bonds. The van der Waals surface area contributed by atoms with E-state index in [1.165, 1.54) is 19.2 Å². The molecule has 0 unspecified atom stereocenters. The van der Waals surface area contributed by atoms with Gasteiger partial charge in [0.1, 0.15) is 11.5 Å². The highest BCUT2D eigenvalue weighted by Gasteiger charge is 2.34. The Morgan fingerprint density at radius 2 is 0.872 bits per heavy atom. The quantitative estimate of drug-likeness (QED) is 0.176. The fourth-order valence-corrected chi connectivity index (χ4v) is 4.11. The first-order chi connectivity index (χ1) is 18.3. The van der Waals surface area contributed by atoms with Crippen molar-refractivity contribution >= 4 is 0 Å². The summed E-state index contributed by atoms with van der Waals surface area (Å²) in [7, 11) is 1.54. The van der Waals surface area contributed by atoms with Gasteiger partial charge in [-0.05, 0) is 42.3 Å². The lowest BCUT2D eigenvalue weighted by molar-refractivity contribution is 0.366. The van der Waals surface area contributed by atoms with Crippen molar-refractivity contribution in [3.63, 3.8) is 0 Å². The van der Waals surface area contributed by atoms with E-state index >= 15 is 0 Å². The highest BCUT2D eigenvalue weighted by Crippen LogP contribution is 2.41. The summed E-state index contributed by atoms with van der Waals surface area (Å²) in [4.78, 5) is 0. The van der Waals surface area contributed by atoms with Gasteiger partial charge in [0.2, 0.25) is 17.4 Å². The Bertz CT molecular complexity index is 1500. The predicted molar refractivity (Wildman–Crippen MR) is 128 cm³/mol. The highest BCUT2D eigenvalue weighted by molar-refractivity contribution is 5.69. The van der Waals surface area contributed by atoms with Crippen LogP contribution in [0.25, 0.3) is 11.1 Å². The van der Waals surface area contributed by atoms with Gasteiger partial charge < -0.3 is 9.47 Å². The van der Waals surface area contributed by atoms with Crippen LogP contribution in [0.15, 0.2) is 48.5 Å². The topological polar surface area (TPSA) is 18.5 Å². The standard InChI is InChI=1S/C29H20F8O2/c1-13-20(30)22(32)18(23(33)21(13)31)19-24(34)26(36)28(27(37)25(19)35)39-17-11-7-15(8-12-17)29(2,3)14-5-9-16(38-4)10-6-14/h5-12H,1-4H3. The van der Waals surface area contributed by atoms with E-state index in [1.807, 2.05) is 26.0 Å². The van der Waals surface area contributed by atoms with Gasteiger partial charge in [0.05, 0.1) is 18.2 Å². The first-order valence-corrected chi connectivity index (χ1v) is 11.4. The molecule has 39 heavy (non-hydrogen) atoms. The molecule has 4 rings (SSSR count). The molecule has 4 aromatic carbocycles. The van der Waals surface area contributed by atoms with Gasteiger partial charge in [-0.3, -0.25) is 0 Å². The van der Waals surface area contributed by atoms with Gasteiger partial charge >= 0.3 is 0 Å². The Morgan fingerprint density at radius 3 is 1.26 bits per heavy atom. The first kappa shape index (κ1) is 27.9. The van der Waals surface area contributed by atoms with E-state index < -0.39 is 74.4 Å². The second-order valence-electron chi connectivity index (χ2n) is 9.20. The zero-order chi connectivity index (χ0) is 28.8. The fourth-order valence-electron chi connectivity index (χ4n) is 4.11. The average Bonchev–Trinajstić information content (AvgIpc) is 2.94. The number of benzene rings is 4. The molecule has 0 N–H and O–H groups in total. The van der Waals surface area contributed by atoms with E-state index in [0.29, 0.717) is 12.7 Å². The van der Waals surface area contributed by atoms with Crippen LogP contribution in [0, 0.1) is 53.5 Å². The summed E-state index contributed by atoms with van der Waals surface area (Å²) >= 11 is 0. The minimum Gasteiger partial charge on any atom is -0.497 e. The van der Waals surface area contributed by atoms with Crippen molar-refractivity contribution in [1.29, 1.82) is 0 Å². The van der Waals surface area contributed by atoms with Crippen LogP contribution in [0.5, 0.6) is 17.2 Å². The van der Waals surface area contributed by atoms with Gasteiger partial charge in [-0.15, -0.1) is 0 Å². The molecule has 0 aromatic heterocycles. The lowest BCUT2D eigenvalue weighted by Crippen LogP contribution is -2.18. The molecule has 0 saturated heterocycles. The molecule has 0 heterocycles. The third-order valence-corrected chi connectivity index (χ3v) is 6.56. The molecule has 10 heteroatoms. The van der Waals surface area contributed by atoms with E-state index in [0.717, 1.165) is 11.1 Å². The van der Waals surface area contributed by atoms with Crippen LogP contribution in [0.4, 0.5) is 35.1 Å². The molecule has 0 spiro atoms. The minimum atomic E-state index is -2.30. The van der Waals surface area contributed by atoms with Crippen molar-refractivity contribution in [3.8, 4) is 28.4 Å². The summed E-state index contributed by atoms with van der Waals surface area (Å²) < 4.78 is 126. The van der Waals surface area contributed by atoms with Crippen molar-refractivity contribution in [2.75, 3.05) is 7.11 Å². The maximum absolute atomic E-state index is 14.8. The Morgan fingerprint density at radius 1 is 0.513 bits per heavy atom. The van der Waals surface area contributed by atoms with E-state index in [4.69, 9.17) is 9.47 Å². The van der Waals surface area contributed by atoms with Crippen molar-refractivity contribution in [3.05, 3.63) is 112 Å². The molecule has 0 saturated carbocycles. The highest BCUT2D eigenvalue weighted by atomic mass is 19.2. The van der Waals surface area contributed by atoms with Gasteiger partial charge in [0, 0.05) is 11.0 Å². The summed E-state index contributed by atoms with van der Waals surface area (Å²) in [5.41, 5.74) is -3.87. The molecular formula is C29H20F8O2. The fraction of sp³-hybridized carbons (Fsp3) is 0.172. The lowest BCUT2D eigenvalue weighted by atomic mass is 9.78. The van der Waals surface area contributed by atoms with Gasteiger partial charge in [0.25, 0.3) is 0 Å². The minimum absolute atomic E-state index is 0.224. The van der Waals surface area contributed by atoms with Gasteiger partial charge in [-0.1, -0.05) is 38.1 Å². The maximum atomic E-state index is 14.8. The van der Waals surface area contributed by atoms with Crippen molar-refractivity contribution in [2.45, 2.75) is 26.2 Å². The van der Waals surface area contributed by atoms with Gasteiger partial charge in [-0.25, -0.2) is 26.3 Å². The van der Waals surface area contributed by atoms with Crippen LogP contribution < -0.4 is 9.47 Å². The molecule has 0 aliphatic rings. The molecule has 0 fully saturated rings. The maximum Gasteiger partial charge on any atom is 0.205 e. The zero-order valence-corrected chi connectivity index (χ0v) is 21.0. The Balaban J connectivity index is 1.72. The van der Waals surface area contributed by atoms with Crippen LogP contribution in [0.2, 0.25) is 0 Å². The molecule has 0 aliphatic heterocycles. The molecular weight excluding hydrogens is 532 g/mol. The van der Waals surface area contributed by atoms with E-state index in [1.54, 1.807) is 24.3 Å². The number of halogens is 8. The molecule has 0 aliphatic carbocycles. The Kier molecular flexibility index (Phi) is 7.34. The van der Waals surface area contributed by atoms with Crippen LogP contribution in [0.1, 0.15) is 30.5 Å². The predicted octanol–water partition coefficient (Wildman–Crippen LogP) is 8.90. The molecule has 0 atom stereocenters. The average molecular weight is 552 g/mol. The molecule has 2 nitrogen and oxygen atoms in total. The zero-order valence-electron chi connectivity index (χ0n) is 21.0. The monoisotopic (exact) mass is 552 g/mol. The molecule has 204 valence electrons. The summed E-state index contributed by atoms with van der Waals surface area (Å²) in [6.45, 7) is 4.51. The number of rotatable bonds is 6. The first-order valence-electron chi connectivity index (χ1n) is 11.4. The number of ether oxygens (including phenoxy) is 2. The lowest BCUT2D eigenvalue weighted by Gasteiger charge is -2.26. The van der Waals surface area contributed by atoms with Crippen LogP contribution in [-0.2, 0) is 5.41 Å².